The first-order chi connectivity index (χ1) is 11.5. The fourth-order valence-corrected chi connectivity index (χ4v) is 3.06. The molecule has 124 valence electrons. The van der Waals surface area contributed by atoms with Crippen LogP contribution in [-0.2, 0) is 4.79 Å². The summed E-state index contributed by atoms with van der Waals surface area (Å²) in [6.45, 7) is 0.608. The molecule has 0 unspecified atom stereocenters. The maximum absolute atomic E-state index is 12.4. The van der Waals surface area contributed by atoms with Crippen molar-refractivity contribution in [3.8, 4) is 0 Å². The molecule has 2 aromatic carbocycles. The molecule has 0 bridgehead atoms. The molecule has 3 rings (SSSR count). The topological polar surface area (TPSA) is 49.4 Å². The normalized spacial score (nSPS) is 14.1. The predicted molar refractivity (Wildman–Crippen MR) is 97.5 cm³/mol. The van der Waals surface area contributed by atoms with Gasteiger partial charge in [0.15, 0.2) is 0 Å². The van der Waals surface area contributed by atoms with Crippen molar-refractivity contribution in [2.75, 3.05) is 16.8 Å². The number of hydrogen-bond acceptors (Lipinski definition) is 2. The molecule has 0 aromatic heterocycles. The summed E-state index contributed by atoms with van der Waals surface area (Å²) in [6.07, 6.45) is 1.28. The molecule has 0 spiro atoms. The summed E-state index contributed by atoms with van der Waals surface area (Å²) in [5, 5.41) is 3.96. The molecule has 1 fully saturated rings. The Morgan fingerprint density at radius 2 is 1.75 bits per heavy atom. The first-order valence-electron chi connectivity index (χ1n) is 7.32. The van der Waals surface area contributed by atoms with Crippen LogP contribution < -0.4 is 10.2 Å². The van der Waals surface area contributed by atoms with Crippen molar-refractivity contribution in [1.82, 2.24) is 0 Å². The number of hydrogen-bond donors (Lipinski definition) is 1. The van der Waals surface area contributed by atoms with Gasteiger partial charge in [-0.2, -0.15) is 0 Å². The Balaban J connectivity index is 1.84. The molecule has 1 saturated heterocycles. The Bertz CT molecular complexity index is 823. The van der Waals surface area contributed by atoms with E-state index in [0.717, 1.165) is 6.42 Å². The van der Waals surface area contributed by atoms with E-state index in [1.54, 1.807) is 41.3 Å². The lowest BCUT2D eigenvalue weighted by Gasteiger charge is -2.18. The molecule has 2 amide bonds. The van der Waals surface area contributed by atoms with Crippen LogP contribution in [-0.4, -0.2) is 18.4 Å². The Hall–Kier alpha value is -1.75. The van der Waals surface area contributed by atoms with Crippen LogP contribution in [0.2, 0.25) is 15.1 Å². The van der Waals surface area contributed by atoms with Crippen molar-refractivity contribution in [2.45, 2.75) is 12.8 Å². The van der Waals surface area contributed by atoms with E-state index in [2.05, 4.69) is 5.32 Å². The maximum atomic E-state index is 12.4. The van der Waals surface area contributed by atoms with Crippen LogP contribution in [0.5, 0.6) is 0 Å². The van der Waals surface area contributed by atoms with Crippen LogP contribution in [0.15, 0.2) is 36.4 Å². The molecule has 4 nitrogen and oxygen atoms in total. The molecular weight excluding hydrogens is 371 g/mol. The quantitative estimate of drug-likeness (QED) is 0.808. The fourth-order valence-electron chi connectivity index (χ4n) is 2.54. The van der Waals surface area contributed by atoms with Crippen molar-refractivity contribution < 1.29 is 9.59 Å². The Morgan fingerprint density at radius 1 is 1.00 bits per heavy atom. The zero-order valence-corrected chi connectivity index (χ0v) is 14.8. The third-order valence-electron chi connectivity index (χ3n) is 3.75. The number of benzene rings is 2. The third kappa shape index (κ3) is 3.51. The molecule has 0 atom stereocenters. The molecule has 24 heavy (non-hydrogen) atoms. The molecule has 1 aliphatic heterocycles. The zero-order valence-electron chi connectivity index (χ0n) is 12.5. The van der Waals surface area contributed by atoms with E-state index < -0.39 is 0 Å². The highest BCUT2D eigenvalue weighted by atomic mass is 35.5. The van der Waals surface area contributed by atoms with Gasteiger partial charge < -0.3 is 10.2 Å². The zero-order chi connectivity index (χ0) is 17.3. The summed E-state index contributed by atoms with van der Waals surface area (Å²) < 4.78 is 0. The highest BCUT2D eigenvalue weighted by Crippen LogP contribution is 2.31. The number of rotatable bonds is 3. The minimum absolute atomic E-state index is 0.0129. The molecule has 0 aliphatic carbocycles. The number of nitrogens with zero attached hydrogens (tertiary/aromatic N) is 1. The number of amides is 2. The molecule has 1 heterocycles. The first-order valence-corrected chi connectivity index (χ1v) is 8.45. The van der Waals surface area contributed by atoms with Crippen molar-refractivity contribution >= 4 is 58.0 Å². The smallest absolute Gasteiger partial charge is 0.255 e. The molecule has 7 heteroatoms. The summed E-state index contributed by atoms with van der Waals surface area (Å²) in [4.78, 5) is 26.0. The van der Waals surface area contributed by atoms with Crippen molar-refractivity contribution in [2.24, 2.45) is 0 Å². The van der Waals surface area contributed by atoms with Crippen LogP contribution in [0.4, 0.5) is 11.4 Å². The summed E-state index contributed by atoms with van der Waals surface area (Å²) in [7, 11) is 0. The molecule has 1 N–H and O–H groups in total. The van der Waals surface area contributed by atoms with Crippen LogP contribution in [0.3, 0.4) is 0 Å². The predicted octanol–water partition coefficient (Wildman–Crippen LogP) is 5.03. The van der Waals surface area contributed by atoms with Gasteiger partial charge in [0.05, 0.1) is 20.8 Å². The molecule has 0 radical (unpaired) electrons. The van der Waals surface area contributed by atoms with E-state index in [4.69, 9.17) is 34.8 Å². The third-order valence-corrected chi connectivity index (χ3v) is 4.81. The minimum atomic E-state index is -0.321. The van der Waals surface area contributed by atoms with E-state index >= 15 is 0 Å². The van der Waals surface area contributed by atoms with Gasteiger partial charge in [-0.3, -0.25) is 9.59 Å². The fraction of sp³-hybridized carbons (Fsp3) is 0.176. The lowest BCUT2D eigenvalue weighted by molar-refractivity contribution is -0.117. The van der Waals surface area contributed by atoms with Gasteiger partial charge in [-0.1, -0.05) is 34.8 Å². The monoisotopic (exact) mass is 382 g/mol. The molecule has 1 aliphatic rings. The molecule has 0 saturated carbocycles. The number of carbonyl (C=O) groups excluding carboxylic acids is 2. The highest BCUT2D eigenvalue weighted by Gasteiger charge is 2.24. The first kappa shape index (κ1) is 17.1. The standard InChI is InChI=1S/C17H13Cl3N2O2/c18-12-6-4-11(9-14(12)20)21-17(24)10-3-5-13(19)15(8-10)22-7-1-2-16(22)23/h3-6,8-9H,1-2,7H2,(H,21,24). The summed E-state index contributed by atoms with van der Waals surface area (Å²) >= 11 is 18.0. The van der Waals surface area contributed by atoms with E-state index in [9.17, 15) is 9.59 Å². The molecule has 2 aromatic rings. The summed E-state index contributed by atoms with van der Waals surface area (Å²) in [5.41, 5.74) is 1.49. The minimum Gasteiger partial charge on any atom is -0.322 e. The van der Waals surface area contributed by atoms with Gasteiger partial charge in [0.2, 0.25) is 5.91 Å². The van der Waals surface area contributed by atoms with Gasteiger partial charge in [0.25, 0.3) is 5.91 Å². The second-order valence-corrected chi connectivity index (χ2v) is 6.62. The van der Waals surface area contributed by atoms with Gasteiger partial charge >= 0.3 is 0 Å². The summed E-state index contributed by atoms with van der Waals surface area (Å²) in [6, 6.07) is 9.69. The van der Waals surface area contributed by atoms with Gasteiger partial charge in [-0.25, -0.2) is 0 Å². The second kappa shape index (κ2) is 7.01. The number of carbonyl (C=O) groups is 2. The van der Waals surface area contributed by atoms with E-state index in [-0.39, 0.29) is 11.8 Å². The Labute approximate surface area is 154 Å². The number of halogens is 3. The van der Waals surface area contributed by atoms with Crippen LogP contribution in [0, 0.1) is 0 Å². The number of anilines is 2. The highest BCUT2D eigenvalue weighted by molar-refractivity contribution is 6.42. The van der Waals surface area contributed by atoms with E-state index in [0.29, 0.717) is 45.0 Å². The SMILES string of the molecule is O=C(Nc1ccc(Cl)c(Cl)c1)c1ccc(Cl)c(N2CCCC2=O)c1. The largest absolute Gasteiger partial charge is 0.322 e. The van der Waals surface area contributed by atoms with Gasteiger partial charge in [0, 0.05) is 24.2 Å². The maximum Gasteiger partial charge on any atom is 0.255 e. The van der Waals surface area contributed by atoms with Crippen LogP contribution in [0.1, 0.15) is 23.2 Å². The van der Waals surface area contributed by atoms with Crippen LogP contribution >= 0.6 is 34.8 Å². The lowest BCUT2D eigenvalue weighted by Crippen LogP contribution is -2.24. The van der Waals surface area contributed by atoms with Gasteiger partial charge in [0.1, 0.15) is 0 Å². The number of nitrogens with one attached hydrogen (secondary N) is 1. The second-order valence-electron chi connectivity index (χ2n) is 5.40. The lowest BCUT2D eigenvalue weighted by atomic mass is 10.1. The van der Waals surface area contributed by atoms with Gasteiger partial charge in [-0.15, -0.1) is 0 Å². The molecular formula is C17H13Cl3N2O2. The van der Waals surface area contributed by atoms with Crippen molar-refractivity contribution in [1.29, 1.82) is 0 Å². The average Bonchev–Trinajstić information content (AvgIpc) is 2.97. The van der Waals surface area contributed by atoms with E-state index in [1.165, 1.54) is 0 Å². The Morgan fingerprint density at radius 3 is 2.42 bits per heavy atom. The van der Waals surface area contributed by atoms with E-state index in [1.807, 2.05) is 0 Å². The Kier molecular flexibility index (Phi) is 4.99. The summed E-state index contributed by atoms with van der Waals surface area (Å²) in [5.74, 6) is -0.308. The van der Waals surface area contributed by atoms with Crippen molar-refractivity contribution in [3.63, 3.8) is 0 Å². The average molecular weight is 384 g/mol. The van der Waals surface area contributed by atoms with Crippen molar-refractivity contribution in [3.05, 3.63) is 57.0 Å². The van der Waals surface area contributed by atoms with Gasteiger partial charge in [-0.05, 0) is 42.8 Å². The van der Waals surface area contributed by atoms with Crippen LogP contribution in [0.25, 0.3) is 0 Å².